The van der Waals surface area contributed by atoms with Crippen LogP contribution in [-0.2, 0) is 0 Å². The van der Waals surface area contributed by atoms with Crippen molar-refractivity contribution in [3.63, 3.8) is 0 Å². The van der Waals surface area contributed by atoms with E-state index in [-0.39, 0.29) is 25.1 Å². The van der Waals surface area contributed by atoms with Gasteiger partial charge in [0.15, 0.2) is 0 Å². The summed E-state index contributed by atoms with van der Waals surface area (Å²) >= 11 is 0. The van der Waals surface area contributed by atoms with Gasteiger partial charge in [-0.3, -0.25) is 0 Å². The monoisotopic (exact) mass is 169 g/mol. The van der Waals surface area contributed by atoms with Crippen LogP contribution in [0.1, 0.15) is 0 Å². The molecule has 0 aromatic rings. The molecule has 0 aromatic heterocycles. The van der Waals surface area contributed by atoms with Gasteiger partial charge >= 0.3 is 0 Å². The third-order valence-corrected chi connectivity index (χ3v) is 1.58. The van der Waals surface area contributed by atoms with Crippen LogP contribution in [0, 0.1) is 0 Å². The highest BCUT2D eigenvalue weighted by Crippen LogP contribution is 2.07. The van der Waals surface area contributed by atoms with E-state index in [0.717, 1.165) is 0 Å². The van der Waals surface area contributed by atoms with Crippen LogP contribution in [0.5, 0.6) is 0 Å². The van der Waals surface area contributed by atoms with E-state index in [9.17, 15) is 0 Å². The Labute approximate surface area is 65.3 Å². The normalized spacial score (nSPS) is 33.9. The lowest BCUT2D eigenvalue weighted by Crippen LogP contribution is -2.63. The summed E-state index contributed by atoms with van der Waals surface area (Å²) in [5.41, 5.74) is 0. The summed E-state index contributed by atoms with van der Waals surface area (Å²) in [7, 11) is 0. The van der Waals surface area contributed by atoms with Crippen LogP contribution < -0.4 is 5.32 Å². The number of halogens is 1. The second-order valence-electron chi connectivity index (χ2n) is 2.25. The summed E-state index contributed by atoms with van der Waals surface area (Å²) in [6.45, 7) is 0.219. The fourth-order valence-electron chi connectivity index (χ4n) is 0.865. The maximum Gasteiger partial charge on any atom is 0.0949 e. The van der Waals surface area contributed by atoms with Crippen molar-refractivity contribution < 1.29 is 15.3 Å². The van der Waals surface area contributed by atoms with Gasteiger partial charge in [0, 0.05) is 6.54 Å². The second-order valence-corrected chi connectivity index (χ2v) is 2.25. The minimum atomic E-state index is -0.825. The molecule has 4 nitrogen and oxygen atoms in total. The van der Waals surface area contributed by atoms with Crippen molar-refractivity contribution in [2.45, 2.75) is 18.2 Å². The number of aliphatic hydroxyl groups is 3. The van der Waals surface area contributed by atoms with Gasteiger partial charge in [-0.2, -0.15) is 0 Å². The highest BCUT2D eigenvalue weighted by molar-refractivity contribution is 5.85. The zero-order valence-corrected chi connectivity index (χ0v) is 6.21. The molecule has 1 fully saturated rings. The lowest BCUT2D eigenvalue weighted by atomic mass is 9.98. The van der Waals surface area contributed by atoms with E-state index in [1.807, 2.05) is 0 Å². The minimum absolute atomic E-state index is 0. The maximum absolute atomic E-state index is 8.88. The van der Waals surface area contributed by atoms with Gasteiger partial charge in [-0.15, -0.1) is 12.4 Å². The van der Waals surface area contributed by atoms with Crippen LogP contribution in [-0.4, -0.2) is 46.7 Å². The Bertz CT molecular complexity index is 103. The Balaban J connectivity index is 0.000000810. The molecule has 62 valence electrons. The molecule has 0 amide bonds. The maximum atomic E-state index is 8.88. The topological polar surface area (TPSA) is 72.7 Å². The molecule has 5 heteroatoms. The number of hydrogen-bond acceptors (Lipinski definition) is 4. The van der Waals surface area contributed by atoms with E-state index in [1.165, 1.54) is 0 Å². The Morgan fingerprint density at radius 2 is 2.20 bits per heavy atom. The first kappa shape index (κ1) is 10.1. The van der Waals surface area contributed by atoms with Crippen LogP contribution in [0.3, 0.4) is 0 Å². The molecule has 10 heavy (non-hydrogen) atoms. The van der Waals surface area contributed by atoms with Crippen LogP contribution >= 0.6 is 12.4 Å². The predicted octanol–water partition coefficient (Wildman–Crippen LogP) is -1.91. The standard InChI is InChI=1S/C5H11NO3.ClH/c7-2-4(9)5-3(8)1-6-5;/h3-9H,1-2H2;1H/t3-,4-,5+;/m0./s1. The van der Waals surface area contributed by atoms with E-state index < -0.39 is 12.2 Å². The Hall–Kier alpha value is 0.130. The lowest BCUT2D eigenvalue weighted by Gasteiger charge is -2.36. The van der Waals surface area contributed by atoms with Crippen molar-refractivity contribution in [3.8, 4) is 0 Å². The predicted molar refractivity (Wildman–Crippen MR) is 38.1 cm³/mol. The molecule has 0 aliphatic carbocycles. The summed E-state index contributed by atoms with van der Waals surface area (Å²) in [5.74, 6) is 0. The van der Waals surface area contributed by atoms with Crippen molar-refractivity contribution in [2.24, 2.45) is 0 Å². The van der Waals surface area contributed by atoms with Crippen LogP contribution in [0.2, 0.25) is 0 Å². The van der Waals surface area contributed by atoms with E-state index in [4.69, 9.17) is 15.3 Å². The van der Waals surface area contributed by atoms with Gasteiger partial charge in [0.2, 0.25) is 0 Å². The molecular weight excluding hydrogens is 158 g/mol. The summed E-state index contributed by atoms with van der Waals surface area (Å²) in [5, 5.41) is 28.9. The first-order valence-electron chi connectivity index (χ1n) is 2.96. The number of rotatable bonds is 2. The molecule has 0 spiro atoms. The molecule has 0 radical (unpaired) electrons. The average molecular weight is 170 g/mol. The molecular formula is C5H12ClNO3. The smallest absolute Gasteiger partial charge is 0.0949 e. The molecule has 0 saturated carbocycles. The van der Waals surface area contributed by atoms with Gasteiger partial charge in [-0.1, -0.05) is 0 Å². The Morgan fingerprint density at radius 3 is 2.30 bits per heavy atom. The second kappa shape index (κ2) is 4.10. The average Bonchev–Trinajstić information content (AvgIpc) is 1.84. The Kier molecular flexibility index (Phi) is 4.15. The molecule has 3 atom stereocenters. The van der Waals surface area contributed by atoms with Crippen LogP contribution in [0.15, 0.2) is 0 Å². The number of β-amino-alcohol motifs (C(OH)–C–C–N with tert-alkyl or cyclic N) is 1. The van der Waals surface area contributed by atoms with Gasteiger partial charge in [0.05, 0.1) is 24.9 Å². The summed E-state index contributed by atoms with van der Waals surface area (Å²) < 4.78 is 0. The highest BCUT2D eigenvalue weighted by Gasteiger charge is 2.33. The lowest BCUT2D eigenvalue weighted by molar-refractivity contribution is -0.0345. The third kappa shape index (κ3) is 1.81. The zero-order valence-electron chi connectivity index (χ0n) is 5.40. The van der Waals surface area contributed by atoms with Gasteiger partial charge in [-0.05, 0) is 0 Å². The SMILES string of the molecule is Cl.OC[C@H](O)[C@@H]1NC[C@@H]1O. The largest absolute Gasteiger partial charge is 0.394 e. The fourth-order valence-corrected chi connectivity index (χ4v) is 0.865. The van der Waals surface area contributed by atoms with Gasteiger partial charge in [0.25, 0.3) is 0 Å². The highest BCUT2D eigenvalue weighted by atomic mass is 35.5. The molecule has 1 rings (SSSR count). The van der Waals surface area contributed by atoms with Crippen LogP contribution in [0.4, 0.5) is 0 Å². The van der Waals surface area contributed by atoms with Crippen molar-refractivity contribution >= 4 is 12.4 Å². The number of aliphatic hydroxyl groups excluding tert-OH is 3. The third-order valence-electron chi connectivity index (χ3n) is 1.58. The molecule has 0 unspecified atom stereocenters. The zero-order chi connectivity index (χ0) is 6.85. The van der Waals surface area contributed by atoms with Crippen molar-refractivity contribution in [1.29, 1.82) is 0 Å². The van der Waals surface area contributed by atoms with E-state index in [0.29, 0.717) is 6.54 Å². The Morgan fingerprint density at radius 1 is 1.60 bits per heavy atom. The van der Waals surface area contributed by atoms with Crippen molar-refractivity contribution in [2.75, 3.05) is 13.2 Å². The van der Waals surface area contributed by atoms with Gasteiger partial charge < -0.3 is 20.6 Å². The summed E-state index contributed by atoms with van der Waals surface area (Å²) in [6, 6.07) is -0.324. The van der Waals surface area contributed by atoms with E-state index in [1.54, 1.807) is 0 Å². The number of hydrogen-bond donors (Lipinski definition) is 4. The fraction of sp³-hybridized carbons (Fsp3) is 1.00. The molecule has 1 aliphatic heterocycles. The van der Waals surface area contributed by atoms with E-state index in [2.05, 4.69) is 5.32 Å². The van der Waals surface area contributed by atoms with E-state index >= 15 is 0 Å². The van der Waals surface area contributed by atoms with Crippen molar-refractivity contribution in [3.05, 3.63) is 0 Å². The van der Waals surface area contributed by atoms with Crippen molar-refractivity contribution in [1.82, 2.24) is 5.32 Å². The first-order chi connectivity index (χ1) is 4.25. The first-order valence-corrected chi connectivity index (χ1v) is 2.96. The molecule has 1 saturated heterocycles. The molecule has 4 N–H and O–H groups in total. The van der Waals surface area contributed by atoms with Gasteiger partial charge in [0.1, 0.15) is 0 Å². The molecule has 1 heterocycles. The number of nitrogens with one attached hydrogen (secondary N) is 1. The molecule has 0 aromatic carbocycles. The summed E-state index contributed by atoms with van der Waals surface area (Å²) in [4.78, 5) is 0. The minimum Gasteiger partial charge on any atom is -0.394 e. The summed E-state index contributed by atoms with van der Waals surface area (Å²) in [6.07, 6.45) is -1.32. The molecule has 1 aliphatic rings. The quantitative estimate of drug-likeness (QED) is 0.390. The van der Waals surface area contributed by atoms with Crippen LogP contribution in [0.25, 0.3) is 0 Å². The molecule has 0 bridgehead atoms. The van der Waals surface area contributed by atoms with Gasteiger partial charge in [-0.25, -0.2) is 0 Å².